The number of aliphatic carboxylic acids is 1. The molecule has 0 aromatic heterocycles. The molecule has 6 nitrogen and oxygen atoms in total. The van der Waals surface area contributed by atoms with Gasteiger partial charge in [-0.05, 0) is 37.6 Å². The lowest BCUT2D eigenvalue weighted by Gasteiger charge is -2.12. The highest BCUT2D eigenvalue weighted by Gasteiger charge is 2.15. The van der Waals surface area contributed by atoms with E-state index in [1.54, 1.807) is 31.2 Å². The highest BCUT2D eigenvalue weighted by molar-refractivity contribution is 5.95. The first-order valence-corrected chi connectivity index (χ1v) is 6.32. The Morgan fingerprint density at radius 3 is 2.25 bits per heavy atom. The third kappa shape index (κ3) is 4.72. The minimum absolute atomic E-state index is 0.0479. The van der Waals surface area contributed by atoms with Crippen molar-refractivity contribution in [2.45, 2.75) is 20.3 Å². The molecule has 108 valence electrons. The largest absolute Gasteiger partial charge is 0.481 e. The number of nitrogens with one attached hydrogen (secondary N) is 2. The van der Waals surface area contributed by atoms with Crippen LogP contribution >= 0.6 is 0 Å². The van der Waals surface area contributed by atoms with Gasteiger partial charge in [-0.1, -0.05) is 6.92 Å². The van der Waals surface area contributed by atoms with Crippen molar-refractivity contribution in [3.05, 3.63) is 29.8 Å². The van der Waals surface area contributed by atoms with E-state index in [9.17, 15) is 14.4 Å². The number of hydrogen-bond donors (Lipinski definition) is 3. The van der Waals surface area contributed by atoms with Crippen molar-refractivity contribution >= 4 is 23.5 Å². The van der Waals surface area contributed by atoms with Crippen molar-refractivity contribution < 1.29 is 19.5 Å². The zero-order chi connectivity index (χ0) is 15.1. The minimum atomic E-state index is -0.932. The van der Waals surface area contributed by atoms with E-state index in [4.69, 9.17) is 5.11 Å². The molecule has 0 aliphatic rings. The zero-order valence-electron chi connectivity index (χ0n) is 11.5. The Morgan fingerprint density at radius 1 is 1.20 bits per heavy atom. The molecule has 0 saturated carbocycles. The summed E-state index contributed by atoms with van der Waals surface area (Å²) in [5.74, 6) is -1.58. The number of carboxylic acid groups (broad SMARTS) is 1. The zero-order valence-corrected chi connectivity index (χ0v) is 11.5. The first-order chi connectivity index (χ1) is 9.43. The lowest BCUT2D eigenvalue weighted by Crippen LogP contribution is -2.35. The van der Waals surface area contributed by atoms with Gasteiger partial charge in [0.1, 0.15) is 0 Å². The second-order valence-corrected chi connectivity index (χ2v) is 4.41. The molecule has 1 rings (SSSR count). The number of rotatable bonds is 6. The summed E-state index contributed by atoms with van der Waals surface area (Å²) in [6, 6.07) is 5.99. The molecule has 0 radical (unpaired) electrons. The van der Waals surface area contributed by atoms with E-state index >= 15 is 0 Å². The Kier molecular flexibility index (Phi) is 5.71. The van der Waals surface area contributed by atoms with Gasteiger partial charge >= 0.3 is 12.0 Å². The Bertz CT molecular complexity index is 496. The summed E-state index contributed by atoms with van der Waals surface area (Å²) in [7, 11) is 0. The molecule has 1 aromatic carbocycles. The third-order valence-electron chi connectivity index (χ3n) is 2.90. The lowest BCUT2D eigenvalue weighted by atomic mass is 10.1. The Hall–Kier alpha value is -2.37. The van der Waals surface area contributed by atoms with Crippen molar-refractivity contribution in [3.8, 4) is 0 Å². The van der Waals surface area contributed by atoms with Gasteiger partial charge in [-0.25, -0.2) is 4.79 Å². The van der Waals surface area contributed by atoms with Gasteiger partial charge in [0.15, 0.2) is 5.78 Å². The molecular weight excluding hydrogens is 260 g/mol. The van der Waals surface area contributed by atoms with Crippen LogP contribution in [0.5, 0.6) is 0 Å². The highest BCUT2D eigenvalue weighted by Crippen LogP contribution is 2.10. The molecule has 2 amide bonds. The van der Waals surface area contributed by atoms with Crippen molar-refractivity contribution in [2.75, 3.05) is 11.9 Å². The molecule has 0 bridgehead atoms. The average molecular weight is 278 g/mol. The van der Waals surface area contributed by atoms with Gasteiger partial charge in [-0.2, -0.15) is 0 Å². The van der Waals surface area contributed by atoms with Gasteiger partial charge < -0.3 is 15.7 Å². The Morgan fingerprint density at radius 2 is 1.80 bits per heavy atom. The van der Waals surface area contributed by atoms with E-state index in [0.29, 0.717) is 17.7 Å². The third-order valence-corrected chi connectivity index (χ3v) is 2.90. The lowest BCUT2D eigenvalue weighted by molar-refractivity contribution is -0.141. The highest BCUT2D eigenvalue weighted by atomic mass is 16.4. The van der Waals surface area contributed by atoms with Crippen LogP contribution in [-0.2, 0) is 4.79 Å². The molecule has 0 aliphatic heterocycles. The van der Waals surface area contributed by atoms with Crippen LogP contribution in [0.4, 0.5) is 10.5 Å². The molecule has 1 atom stereocenters. The molecular formula is C14H18N2O4. The minimum Gasteiger partial charge on any atom is -0.481 e. The van der Waals surface area contributed by atoms with E-state index in [1.807, 2.05) is 0 Å². The number of carbonyl (C=O) groups excluding carboxylic acids is 2. The maximum Gasteiger partial charge on any atom is 0.319 e. The normalized spacial score (nSPS) is 11.5. The number of anilines is 1. The number of Topliss-reactive ketones (excluding diaryl/α,β-unsaturated/α-hetero) is 1. The number of carbonyl (C=O) groups is 3. The summed E-state index contributed by atoms with van der Waals surface area (Å²) >= 11 is 0. The molecule has 3 N–H and O–H groups in total. The van der Waals surface area contributed by atoms with Gasteiger partial charge in [0.2, 0.25) is 0 Å². The van der Waals surface area contributed by atoms with E-state index in [2.05, 4.69) is 10.6 Å². The summed E-state index contributed by atoms with van der Waals surface area (Å²) in [6.45, 7) is 3.29. The van der Waals surface area contributed by atoms with Crippen molar-refractivity contribution in [2.24, 2.45) is 5.92 Å². The standard InChI is InChI=1S/C14H18N2O4/c1-3-10(13(18)19)8-15-14(20)16-12-6-4-11(5-7-12)9(2)17/h4-7,10H,3,8H2,1-2H3,(H,18,19)(H2,15,16,20). The fourth-order valence-electron chi connectivity index (χ4n) is 1.59. The van der Waals surface area contributed by atoms with E-state index in [0.717, 1.165) is 0 Å². The SMILES string of the molecule is CCC(CNC(=O)Nc1ccc(C(C)=O)cc1)C(=O)O. The van der Waals surface area contributed by atoms with Crippen molar-refractivity contribution in [1.82, 2.24) is 5.32 Å². The summed E-state index contributed by atoms with van der Waals surface area (Å²) in [5, 5.41) is 13.9. The smallest absolute Gasteiger partial charge is 0.319 e. The first kappa shape index (κ1) is 15.7. The van der Waals surface area contributed by atoms with Crippen LogP contribution in [0.25, 0.3) is 0 Å². The average Bonchev–Trinajstić information content (AvgIpc) is 2.39. The predicted octanol–water partition coefficient (Wildman–Crippen LogP) is 2.12. The van der Waals surface area contributed by atoms with Crippen LogP contribution in [0.1, 0.15) is 30.6 Å². The van der Waals surface area contributed by atoms with Crippen LogP contribution in [-0.4, -0.2) is 29.4 Å². The Balaban J connectivity index is 2.50. The van der Waals surface area contributed by atoms with Gasteiger partial charge in [0.25, 0.3) is 0 Å². The van der Waals surface area contributed by atoms with Crippen LogP contribution in [0.2, 0.25) is 0 Å². The summed E-state index contributed by atoms with van der Waals surface area (Å²) < 4.78 is 0. The van der Waals surface area contributed by atoms with Crippen molar-refractivity contribution in [1.29, 1.82) is 0 Å². The fourth-order valence-corrected chi connectivity index (χ4v) is 1.59. The molecule has 6 heteroatoms. The van der Waals surface area contributed by atoms with E-state index < -0.39 is 17.9 Å². The second-order valence-electron chi connectivity index (χ2n) is 4.41. The van der Waals surface area contributed by atoms with E-state index in [1.165, 1.54) is 6.92 Å². The number of hydrogen-bond acceptors (Lipinski definition) is 3. The van der Waals surface area contributed by atoms with Gasteiger partial charge in [0, 0.05) is 17.8 Å². The van der Waals surface area contributed by atoms with Crippen LogP contribution in [0, 0.1) is 5.92 Å². The second kappa shape index (κ2) is 7.28. The summed E-state index contributed by atoms with van der Waals surface area (Å²) in [5.41, 5.74) is 1.10. The number of ketones is 1. The summed E-state index contributed by atoms with van der Waals surface area (Å²) in [6.07, 6.45) is 0.447. The van der Waals surface area contributed by atoms with Crippen LogP contribution < -0.4 is 10.6 Å². The fraction of sp³-hybridized carbons (Fsp3) is 0.357. The number of urea groups is 1. The molecule has 0 fully saturated rings. The number of amides is 2. The predicted molar refractivity (Wildman–Crippen MR) is 74.9 cm³/mol. The number of carboxylic acids is 1. The maximum atomic E-state index is 11.6. The molecule has 0 heterocycles. The summed E-state index contributed by atoms with van der Waals surface area (Å²) in [4.78, 5) is 33.5. The van der Waals surface area contributed by atoms with Gasteiger partial charge in [0.05, 0.1) is 5.92 Å². The van der Waals surface area contributed by atoms with Crippen LogP contribution in [0.15, 0.2) is 24.3 Å². The van der Waals surface area contributed by atoms with E-state index in [-0.39, 0.29) is 12.3 Å². The maximum absolute atomic E-state index is 11.6. The van der Waals surface area contributed by atoms with Crippen LogP contribution in [0.3, 0.4) is 0 Å². The molecule has 1 unspecified atom stereocenters. The molecule has 1 aromatic rings. The van der Waals surface area contributed by atoms with Gasteiger partial charge in [-0.3, -0.25) is 9.59 Å². The molecule has 0 spiro atoms. The molecule has 20 heavy (non-hydrogen) atoms. The quantitative estimate of drug-likeness (QED) is 0.694. The monoisotopic (exact) mass is 278 g/mol. The topological polar surface area (TPSA) is 95.5 Å². The first-order valence-electron chi connectivity index (χ1n) is 6.32. The van der Waals surface area contributed by atoms with Gasteiger partial charge in [-0.15, -0.1) is 0 Å². The van der Waals surface area contributed by atoms with Crippen molar-refractivity contribution in [3.63, 3.8) is 0 Å². The molecule has 0 saturated heterocycles. The Labute approximate surface area is 117 Å². The molecule has 0 aliphatic carbocycles. The number of benzene rings is 1.